The standard InChI is InChI=1S/C25H35N3O6/c1-16-21(32-5)14-28(3)25(30)19-8-6-7-17(13-26)23(19)33-12-11-18-9-10-20(31-4)22(34-18)15-27(2)24(16)29/h6-8,16,18,20-22H,9-12,14-15H2,1-5H3/t16-,18-,20-,21-,22+/m0/s1. The molecule has 5 atom stereocenters. The van der Waals surface area contributed by atoms with E-state index in [1.54, 1.807) is 51.2 Å². The minimum absolute atomic E-state index is 0.0759. The first-order valence-corrected chi connectivity index (χ1v) is 11.7. The van der Waals surface area contributed by atoms with Crippen LogP contribution in [0.5, 0.6) is 5.75 Å². The highest BCUT2D eigenvalue weighted by molar-refractivity contribution is 5.97. The molecule has 3 rings (SSSR count). The molecule has 2 bridgehead atoms. The number of carbonyl (C=O) groups excluding carboxylic acids is 2. The van der Waals surface area contributed by atoms with Gasteiger partial charge in [0.2, 0.25) is 5.91 Å². The van der Waals surface area contributed by atoms with Crippen molar-refractivity contribution >= 4 is 11.8 Å². The molecular formula is C25H35N3O6. The number of methoxy groups -OCH3 is 2. The number of nitrogens with zero attached hydrogens (tertiary/aromatic N) is 3. The Kier molecular flexibility index (Phi) is 8.89. The van der Waals surface area contributed by atoms with E-state index < -0.39 is 12.0 Å². The van der Waals surface area contributed by atoms with Gasteiger partial charge in [0, 0.05) is 47.8 Å². The van der Waals surface area contributed by atoms with E-state index in [0.29, 0.717) is 30.7 Å². The van der Waals surface area contributed by atoms with Crippen LogP contribution in [-0.4, -0.2) is 94.0 Å². The monoisotopic (exact) mass is 473 g/mol. The van der Waals surface area contributed by atoms with Crippen molar-refractivity contribution < 1.29 is 28.5 Å². The van der Waals surface area contributed by atoms with E-state index in [0.717, 1.165) is 12.8 Å². The number of hydrogen-bond acceptors (Lipinski definition) is 7. The molecule has 2 aliphatic heterocycles. The number of likely N-dealkylation sites (N-methyl/N-ethyl adjacent to an activating group) is 2. The molecule has 0 aliphatic carbocycles. The number of fused-ring (bicyclic) bond motifs is 3. The van der Waals surface area contributed by atoms with Gasteiger partial charge in [0.25, 0.3) is 5.91 Å². The molecule has 186 valence electrons. The van der Waals surface area contributed by atoms with Crippen molar-refractivity contribution in [2.45, 2.75) is 50.6 Å². The first kappa shape index (κ1) is 25.9. The van der Waals surface area contributed by atoms with E-state index in [-0.39, 0.29) is 42.4 Å². The first-order valence-electron chi connectivity index (χ1n) is 11.7. The highest BCUT2D eigenvalue weighted by Crippen LogP contribution is 2.28. The van der Waals surface area contributed by atoms with Crippen LogP contribution in [0.15, 0.2) is 18.2 Å². The summed E-state index contributed by atoms with van der Waals surface area (Å²) in [6.07, 6.45) is 1.25. The summed E-state index contributed by atoms with van der Waals surface area (Å²) in [6.45, 7) is 2.70. The second-order valence-electron chi connectivity index (χ2n) is 9.05. The molecule has 0 radical (unpaired) electrons. The lowest BCUT2D eigenvalue weighted by Gasteiger charge is -2.38. The molecule has 9 nitrogen and oxygen atoms in total. The Bertz CT molecular complexity index is 916. The quantitative estimate of drug-likeness (QED) is 0.648. The summed E-state index contributed by atoms with van der Waals surface area (Å²) in [5.41, 5.74) is 0.609. The molecule has 1 aromatic carbocycles. The predicted octanol–water partition coefficient (Wildman–Crippen LogP) is 2.08. The fourth-order valence-electron chi connectivity index (χ4n) is 4.68. The molecule has 0 aromatic heterocycles. The van der Waals surface area contributed by atoms with E-state index in [1.165, 1.54) is 12.0 Å². The van der Waals surface area contributed by atoms with Crippen molar-refractivity contribution in [1.29, 1.82) is 5.26 Å². The summed E-state index contributed by atoms with van der Waals surface area (Å²) in [7, 11) is 6.61. The highest BCUT2D eigenvalue weighted by atomic mass is 16.5. The van der Waals surface area contributed by atoms with Crippen LogP contribution in [0.3, 0.4) is 0 Å². The zero-order chi connectivity index (χ0) is 24.8. The number of rotatable bonds is 2. The molecule has 1 fully saturated rings. The van der Waals surface area contributed by atoms with Crippen LogP contribution in [-0.2, 0) is 19.0 Å². The van der Waals surface area contributed by atoms with E-state index >= 15 is 0 Å². The summed E-state index contributed by atoms with van der Waals surface area (Å²) >= 11 is 0. The number of para-hydroxylation sites is 1. The zero-order valence-corrected chi connectivity index (χ0v) is 20.7. The fraction of sp³-hybridized carbons (Fsp3) is 0.640. The number of carbonyl (C=O) groups is 2. The van der Waals surface area contributed by atoms with Crippen LogP contribution in [0.1, 0.15) is 42.1 Å². The molecule has 0 saturated carbocycles. The number of benzene rings is 1. The summed E-state index contributed by atoms with van der Waals surface area (Å²) in [5.74, 6) is -0.601. The van der Waals surface area contributed by atoms with Crippen molar-refractivity contribution in [2.24, 2.45) is 5.92 Å². The summed E-state index contributed by atoms with van der Waals surface area (Å²) in [4.78, 5) is 29.7. The Labute approximate surface area is 201 Å². The predicted molar refractivity (Wildman–Crippen MR) is 125 cm³/mol. The lowest BCUT2D eigenvalue weighted by Crippen LogP contribution is -2.50. The Morgan fingerprint density at radius 3 is 2.44 bits per heavy atom. The van der Waals surface area contributed by atoms with Gasteiger partial charge in [-0.25, -0.2) is 0 Å². The maximum absolute atomic E-state index is 13.3. The lowest BCUT2D eigenvalue weighted by atomic mass is 9.97. The van der Waals surface area contributed by atoms with Gasteiger partial charge in [0.05, 0.1) is 42.0 Å². The Hall–Kier alpha value is -2.67. The van der Waals surface area contributed by atoms with Crippen LogP contribution in [0.25, 0.3) is 0 Å². The van der Waals surface area contributed by atoms with Crippen LogP contribution in [0.4, 0.5) is 0 Å². The maximum Gasteiger partial charge on any atom is 0.257 e. The van der Waals surface area contributed by atoms with Gasteiger partial charge < -0.3 is 28.7 Å². The molecule has 1 aromatic rings. The third kappa shape index (κ3) is 5.69. The van der Waals surface area contributed by atoms with Gasteiger partial charge in [-0.15, -0.1) is 0 Å². The van der Waals surface area contributed by atoms with Gasteiger partial charge in [-0.1, -0.05) is 13.0 Å². The van der Waals surface area contributed by atoms with Crippen LogP contribution in [0.2, 0.25) is 0 Å². The van der Waals surface area contributed by atoms with Gasteiger partial charge in [-0.2, -0.15) is 5.26 Å². The van der Waals surface area contributed by atoms with Crippen molar-refractivity contribution in [2.75, 3.05) is 48.0 Å². The average molecular weight is 474 g/mol. The second kappa shape index (κ2) is 11.6. The van der Waals surface area contributed by atoms with Crippen molar-refractivity contribution in [3.63, 3.8) is 0 Å². The molecule has 9 heteroatoms. The lowest BCUT2D eigenvalue weighted by molar-refractivity contribution is -0.154. The minimum atomic E-state index is -0.515. The maximum atomic E-state index is 13.3. The van der Waals surface area contributed by atoms with Crippen LogP contribution < -0.4 is 4.74 Å². The van der Waals surface area contributed by atoms with Gasteiger partial charge >= 0.3 is 0 Å². The molecule has 1 saturated heterocycles. The molecule has 2 heterocycles. The summed E-state index contributed by atoms with van der Waals surface area (Å²) in [5, 5.41) is 9.60. The molecule has 0 spiro atoms. The van der Waals surface area contributed by atoms with Crippen LogP contribution in [0, 0.1) is 17.2 Å². The van der Waals surface area contributed by atoms with Crippen molar-refractivity contribution in [3.05, 3.63) is 29.3 Å². The number of ether oxygens (including phenoxy) is 4. The molecule has 2 amide bonds. The summed E-state index contributed by atoms with van der Waals surface area (Å²) in [6, 6.07) is 7.07. The largest absolute Gasteiger partial charge is 0.491 e. The molecule has 34 heavy (non-hydrogen) atoms. The van der Waals surface area contributed by atoms with Crippen molar-refractivity contribution in [3.8, 4) is 11.8 Å². The fourth-order valence-corrected chi connectivity index (χ4v) is 4.68. The van der Waals surface area contributed by atoms with Gasteiger partial charge in [-0.3, -0.25) is 9.59 Å². The van der Waals surface area contributed by atoms with Crippen LogP contribution >= 0.6 is 0 Å². The van der Waals surface area contributed by atoms with E-state index in [1.807, 2.05) is 0 Å². The number of nitriles is 1. The Morgan fingerprint density at radius 2 is 1.76 bits per heavy atom. The third-order valence-corrected chi connectivity index (χ3v) is 6.79. The normalized spacial score (nSPS) is 29.2. The third-order valence-electron chi connectivity index (χ3n) is 6.79. The van der Waals surface area contributed by atoms with Gasteiger partial charge in [0.1, 0.15) is 17.9 Å². The number of hydrogen-bond donors (Lipinski definition) is 0. The van der Waals surface area contributed by atoms with E-state index in [2.05, 4.69) is 6.07 Å². The Morgan fingerprint density at radius 1 is 1.03 bits per heavy atom. The molecular weight excluding hydrogens is 438 g/mol. The smallest absolute Gasteiger partial charge is 0.257 e. The van der Waals surface area contributed by atoms with Gasteiger partial charge in [0.15, 0.2) is 0 Å². The molecule has 0 unspecified atom stereocenters. The second-order valence-corrected chi connectivity index (χ2v) is 9.05. The molecule has 2 aliphatic rings. The minimum Gasteiger partial charge on any atom is -0.491 e. The van der Waals surface area contributed by atoms with E-state index in [9.17, 15) is 14.9 Å². The topological polar surface area (TPSA) is 101 Å². The number of amides is 2. The van der Waals surface area contributed by atoms with E-state index in [4.69, 9.17) is 18.9 Å². The van der Waals surface area contributed by atoms with Gasteiger partial charge in [-0.05, 0) is 25.0 Å². The molecule has 0 N–H and O–H groups in total. The summed E-state index contributed by atoms with van der Waals surface area (Å²) < 4.78 is 23.6. The first-order chi connectivity index (χ1) is 16.3. The highest BCUT2D eigenvalue weighted by Gasteiger charge is 2.36. The zero-order valence-electron chi connectivity index (χ0n) is 20.7. The Balaban J connectivity index is 1.95. The SMILES string of the molecule is CO[C@H]1CN(C)C(=O)c2cccc(C#N)c2OCC[C@@H]2CC[C@H](OC)[C@@H](CN(C)C(=O)[C@H]1C)O2. The average Bonchev–Trinajstić information content (AvgIpc) is 2.85. The van der Waals surface area contributed by atoms with Crippen molar-refractivity contribution in [1.82, 2.24) is 9.80 Å².